The predicted molar refractivity (Wildman–Crippen MR) is 65.3 cm³/mol. The third-order valence-corrected chi connectivity index (χ3v) is 2.69. The molecular weight excluding hydrogens is 266 g/mol. The second-order valence-electron chi connectivity index (χ2n) is 4.05. The van der Waals surface area contributed by atoms with Crippen LogP contribution in [0.4, 0.5) is 0 Å². The SMILES string of the molecule is CCc1noc(Cn2nnc(C(=O)O)c2CCOC)n1. The van der Waals surface area contributed by atoms with Gasteiger partial charge in [-0.2, -0.15) is 4.98 Å². The van der Waals surface area contributed by atoms with Crippen LogP contribution in [0.15, 0.2) is 4.52 Å². The zero-order valence-corrected chi connectivity index (χ0v) is 11.2. The largest absolute Gasteiger partial charge is 0.476 e. The quantitative estimate of drug-likeness (QED) is 0.762. The molecule has 0 aliphatic carbocycles. The Morgan fingerprint density at radius 2 is 2.30 bits per heavy atom. The number of aryl methyl sites for hydroxylation is 1. The number of aromatic nitrogens is 5. The van der Waals surface area contributed by atoms with Gasteiger partial charge in [0.05, 0.1) is 12.3 Å². The Hall–Kier alpha value is -2.29. The van der Waals surface area contributed by atoms with E-state index in [1.165, 1.54) is 4.68 Å². The number of hydrogen-bond acceptors (Lipinski definition) is 7. The van der Waals surface area contributed by atoms with Crippen LogP contribution >= 0.6 is 0 Å². The molecule has 0 unspecified atom stereocenters. The molecular formula is C11H15N5O4. The molecule has 2 heterocycles. The van der Waals surface area contributed by atoms with Crippen LogP contribution in [0, 0.1) is 0 Å². The van der Waals surface area contributed by atoms with Crippen LogP contribution in [0.25, 0.3) is 0 Å². The van der Waals surface area contributed by atoms with E-state index in [2.05, 4.69) is 20.5 Å². The van der Waals surface area contributed by atoms with Crippen LogP contribution in [0.1, 0.15) is 34.8 Å². The number of carboxylic acids is 1. The lowest BCUT2D eigenvalue weighted by atomic mass is 10.2. The lowest BCUT2D eigenvalue weighted by molar-refractivity contribution is 0.0688. The standard InChI is InChI=1S/C11H15N5O4/c1-3-8-12-9(20-14-8)6-16-7(4-5-19-2)10(11(17)18)13-15-16/h3-6H2,1-2H3,(H,17,18). The van der Waals surface area contributed by atoms with Gasteiger partial charge in [0.25, 0.3) is 0 Å². The average molecular weight is 281 g/mol. The third-order valence-electron chi connectivity index (χ3n) is 2.69. The normalized spacial score (nSPS) is 10.9. The summed E-state index contributed by atoms with van der Waals surface area (Å²) in [7, 11) is 1.54. The zero-order chi connectivity index (χ0) is 14.5. The van der Waals surface area contributed by atoms with Crippen molar-refractivity contribution in [2.45, 2.75) is 26.3 Å². The fourth-order valence-corrected chi connectivity index (χ4v) is 1.70. The fraction of sp³-hybridized carbons (Fsp3) is 0.545. The smallest absolute Gasteiger partial charge is 0.358 e. The number of nitrogens with zero attached hydrogens (tertiary/aromatic N) is 5. The first kappa shape index (κ1) is 14.1. The van der Waals surface area contributed by atoms with Gasteiger partial charge in [0.15, 0.2) is 11.5 Å². The van der Waals surface area contributed by atoms with E-state index in [1.807, 2.05) is 6.92 Å². The first-order valence-electron chi connectivity index (χ1n) is 6.11. The number of carbonyl (C=O) groups is 1. The number of hydrogen-bond donors (Lipinski definition) is 1. The monoisotopic (exact) mass is 281 g/mol. The predicted octanol–water partition coefficient (Wildman–Crippen LogP) is 0.159. The Balaban J connectivity index is 2.23. The van der Waals surface area contributed by atoms with Crippen molar-refractivity contribution in [3.05, 3.63) is 23.1 Å². The van der Waals surface area contributed by atoms with Gasteiger partial charge in [-0.3, -0.25) is 0 Å². The lowest BCUT2D eigenvalue weighted by Gasteiger charge is -2.03. The molecule has 0 aromatic carbocycles. The molecule has 0 fully saturated rings. The zero-order valence-electron chi connectivity index (χ0n) is 11.2. The van der Waals surface area contributed by atoms with Gasteiger partial charge >= 0.3 is 5.97 Å². The molecule has 0 radical (unpaired) electrons. The van der Waals surface area contributed by atoms with Crippen molar-refractivity contribution in [2.24, 2.45) is 0 Å². The molecule has 9 nitrogen and oxygen atoms in total. The Kier molecular flexibility index (Phi) is 4.41. The molecule has 0 saturated carbocycles. The van der Waals surface area contributed by atoms with Gasteiger partial charge in [-0.15, -0.1) is 5.10 Å². The average Bonchev–Trinajstić information content (AvgIpc) is 3.03. The van der Waals surface area contributed by atoms with E-state index in [4.69, 9.17) is 14.4 Å². The van der Waals surface area contributed by atoms with Crippen LogP contribution in [0.3, 0.4) is 0 Å². The minimum atomic E-state index is -1.12. The maximum atomic E-state index is 11.1. The summed E-state index contributed by atoms with van der Waals surface area (Å²) in [5, 5.41) is 20.3. The molecule has 20 heavy (non-hydrogen) atoms. The van der Waals surface area contributed by atoms with Gasteiger partial charge in [0.2, 0.25) is 5.89 Å². The van der Waals surface area contributed by atoms with Crippen LogP contribution < -0.4 is 0 Å². The van der Waals surface area contributed by atoms with E-state index in [0.717, 1.165) is 0 Å². The second kappa shape index (κ2) is 6.24. The van der Waals surface area contributed by atoms with Crippen LogP contribution in [-0.2, 0) is 24.1 Å². The van der Waals surface area contributed by atoms with Gasteiger partial charge in [-0.25, -0.2) is 9.48 Å². The van der Waals surface area contributed by atoms with Crippen LogP contribution in [0.2, 0.25) is 0 Å². The molecule has 2 rings (SSSR count). The van der Waals surface area contributed by atoms with Crippen molar-refractivity contribution in [2.75, 3.05) is 13.7 Å². The number of carboxylic acid groups (broad SMARTS) is 1. The summed E-state index contributed by atoms with van der Waals surface area (Å²) < 4.78 is 11.5. The topological polar surface area (TPSA) is 116 Å². The highest BCUT2D eigenvalue weighted by Crippen LogP contribution is 2.09. The molecule has 9 heteroatoms. The maximum Gasteiger partial charge on any atom is 0.358 e. The minimum absolute atomic E-state index is 0.0859. The molecule has 0 aliphatic rings. The van der Waals surface area contributed by atoms with Crippen molar-refractivity contribution >= 4 is 5.97 Å². The second-order valence-corrected chi connectivity index (χ2v) is 4.05. The van der Waals surface area contributed by atoms with Gasteiger partial charge in [0.1, 0.15) is 6.54 Å². The van der Waals surface area contributed by atoms with Gasteiger partial charge in [-0.05, 0) is 0 Å². The van der Waals surface area contributed by atoms with E-state index in [0.29, 0.717) is 36.9 Å². The van der Waals surface area contributed by atoms with Crippen molar-refractivity contribution in [3.8, 4) is 0 Å². The molecule has 0 saturated heterocycles. The Labute approximate surface area is 114 Å². The molecule has 0 aliphatic heterocycles. The Morgan fingerprint density at radius 3 is 2.90 bits per heavy atom. The molecule has 0 spiro atoms. The maximum absolute atomic E-state index is 11.1. The van der Waals surface area contributed by atoms with E-state index < -0.39 is 5.97 Å². The van der Waals surface area contributed by atoms with Gasteiger partial charge < -0.3 is 14.4 Å². The lowest BCUT2D eigenvalue weighted by Crippen LogP contribution is -2.12. The van der Waals surface area contributed by atoms with Gasteiger partial charge in [-0.1, -0.05) is 17.3 Å². The first-order chi connectivity index (χ1) is 9.65. The highest BCUT2D eigenvalue weighted by Gasteiger charge is 2.20. The van der Waals surface area contributed by atoms with E-state index in [9.17, 15) is 4.79 Å². The Bertz CT molecular complexity index is 591. The molecule has 2 aromatic heterocycles. The van der Waals surface area contributed by atoms with Crippen LogP contribution in [0.5, 0.6) is 0 Å². The highest BCUT2D eigenvalue weighted by atomic mass is 16.5. The molecule has 2 aromatic rings. The van der Waals surface area contributed by atoms with Crippen molar-refractivity contribution < 1.29 is 19.2 Å². The highest BCUT2D eigenvalue weighted by molar-refractivity contribution is 5.86. The molecule has 108 valence electrons. The molecule has 0 amide bonds. The summed E-state index contributed by atoms with van der Waals surface area (Å²) in [6, 6.07) is 0. The van der Waals surface area contributed by atoms with Crippen LogP contribution in [-0.4, -0.2) is 49.9 Å². The summed E-state index contributed by atoms with van der Waals surface area (Å²) in [6.07, 6.45) is 1.05. The number of rotatable bonds is 7. The Morgan fingerprint density at radius 1 is 1.50 bits per heavy atom. The van der Waals surface area contributed by atoms with Crippen molar-refractivity contribution in [3.63, 3.8) is 0 Å². The fourth-order valence-electron chi connectivity index (χ4n) is 1.70. The third kappa shape index (κ3) is 2.99. The first-order valence-corrected chi connectivity index (χ1v) is 6.11. The number of ether oxygens (including phenoxy) is 1. The van der Waals surface area contributed by atoms with E-state index >= 15 is 0 Å². The van der Waals surface area contributed by atoms with Gasteiger partial charge in [0, 0.05) is 20.0 Å². The summed E-state index contributed by atoms with van der Waals surface area (Å²) >= 11 is 0. The number of aromatic carboxylic acids is 1. The summed E-state index contributed by atoms with van der Waals surface area (Å²) in [4.78, 5) is 15.2. The molecule has 0 atom stereocenters. The van der Waals surface area contributed by atoms with Crippen molar-refractivity contribution in [1.29, 1.82) is 0 Å². The summed E-state index contributed by atoms with van der Waals surface area (Å²) in [5.74, 6) is -0.165. The van der Waals surface area contributed by atoms with Crippen molar-refractivity contribution in [1.82, 2.24) is 25.1 Å². The molecule has 0 bridgehead atoms. The number of methoxy groups -OCH3 is 1. The van der Waals surface area contributed by atoms with E-state index in [-0.39, 0.29) is 12.2 Å². The summed E-state index contributed by atoms with van der Waals surface area (Å²) in [6.45, 7) is 2.47. The van der Waals surface area contributed by atoms with E-state index in [1.54, 1.807) is 7.11 Å². The minimum Gasteiger partial charge on any atom is -0.476 e. The molecule has 1 N–H and O–H groups in total. The summed E-state index contributed by atoms with van der Waals surface area (Å²) in [5.41, 5.74) is 0.382.